The summed E-state index contributed by atoms with van der Waals surface area (Å²) in [5.41, 5.74) is 0.969. The second-order valence-corrected chi connectivity index (χ2v) is 7.29. The van der Waals surface area contributed by atoms with Crippen LogP contribution in [-0.4, -0.2) is 32.4 Å². The minimum Gasteiger partial charge on any atom is -0.385 e. The Kier molecular flexibility index (Phi) is 5.05. The summed E-state index contributed by atoms with van der Waals surface area (Å²) >= 11 is 0. The molecule has 0 aliphatic heterocycles. The fourth-order valence-corrected chi connectivity index (χ4v) is 3.67. The molecule has 0 aromatic heterocycles. The molecule has 1 fully saturated rings. The van der Waals surface area contributed by atoms with E-state index in [1.165, 1.54) is 0 Å². The lowest BCUT2D eigenvalue weighted by Crippen LogP contribution is -2.32. The SMILES string of the molecule is CCCNc1ccc(S(=O)(=O)N(CC)CC2CC2)cc1. The summed E-state index contributed by atoms with van der Waals surface area (Å²) in [5.74, 6) is 0.565. The van der Waals surface area contributed by atoms with E-state index in [0.29, 0.717) is 23.9 Å². The van der Waals surface area contributed by atoms with Crippen molar-refractivity contribution in [2.75, 3.05) is 25.0 Å². The monoisotopic (exact) mass is 296 g/mol. The predicted octanol–water partition coefficient (Wildman–Crippen LogP) is 2.93. The molecule has 1 aromatic carbocycles. The van der Waals surface area contributed by atoms with Crippen LogP contribution in [0, 0.1) is 5.92 Å². The third-order valence-corrected chi connectivity index (χ3v) is 5.54. The third kappa shape index (κ3) is 3.73. The molecular weight excluding hydrogens is 272 g/mol. The van der Waals surface area contributed by atoms with Gasteiger partial charge in [-0.2, -0.15) is 4.31 Å². The minimum absolute atomic E-state index is 0.391. The van der Waals surface area contributed by atoms with Crippen LogP contribution in [0.3, 0.4) is 0 Å². The zero-order valence-corrected chi connectivity index (χ0v) is 13.1. The molecule has 0 radical (unpaired) electrons. The van der Waals surface area contributed by atoms with Crippen LogP contribution in [0.4, 0.5) is 5.69 Å². The van der Waals surface area contributed by atoms with Crippen LogP contribution < -0.4 is 5.32 Å². The normalized spacial score (nSPS) is 15.6. The van der Waals surface area contributed by atoms with E-state index in [0.717, 1.165) is 31.5 Å². The molecule has 0 saturated heterocycles. The van der Waals surface area contributed by atoms with E-state index in [9.17, 15) is 8.42 Å². The highest BCUT2D eigenvalue weighted by Gasteiger charge is 2.30. The zero-order valence-electron chi connectivity index (χ0n) is 12.3. The van der Waals surface area contributed by atoms with Crippen LogP contribution in [0.1, 0.15) is 33.1 Å². The van der Waals surface area contributed by atoms with Crippen molar-refractivity contribution in [3.05, 3.63) is 24.3 Å². The maximum Gasteiger partial charge on any atom is 0.243 e. The van der Waals surface area contributed by atoms with Crippen molar-refractivity contribution in [1.82, 2.24) is 4.31 Å². The highest BCUT2D eigenvalue weighted by Crippen LogP contribution is 2.31. The van der Waals surface area contributed by atoms with Gasteiger partial charge in [0.25, 0.3) is 0 Å². The second kappa shape index (κ2) is 6.59. The molecule has 0 unspecified atom stereocenters. The maximum atomic E-state index is 12.6. The smallest absolute Gasteiger partial charge is 0.243 e. The Balaban J connectivity index is 2.10. The second-order valence-electron chi connectivity index (χ2n) is 5.35. The molecule has 1 saturated carbocycles. The van der Waals surface area contributed by atoms with Gasteiger partial charge in [0.2, 0.25) is 10.0 Å². The standard InChI is InChI=1S/C15H24N2O2S/c1-3-11-16-14-7-9-15(10-8-14)20(18,19)17(4-2)12-13-5-6-13/h7-10,13,16H,3-6,11-12H2,1-2H3. The van der Waals surface area contributed by atoms with Crippen LogP contribution in [0.25, 0.3) is 0 Å². The number of hydrogen-bond acceptors (Lipinski definition) is 3. The Hall–Kier alpha value is -1.07. The summed E-state index contributed by atoms with van der Waals surface area (Å²) in [6.45, 7) is 6.10. The summed E-state index contributed by atoms with van der Waals surface area (Å²) in [6, 6.07) is 7.08. The van der Waals surface area contributed by atoms with E-state index in [4.69, 9.17) is 0 Å². The molecule has 5 heteroatoms. The van der Waals surface area contributed by atoms with Crippen molar-refractivity contribution >= 4 is 15.7 Å². The van der Waals surface area contributed by atoms with Gasteiger partial charge in [0, 0.05) is 25.3 Å². The molecule has 1 aromatic rings. The first-order valence-corrected chi connectivity index (χ1v) is 8.86. The summed E-state index contributed by atoms with van der Waals surface area (Å²) < 4.78 is 26.7. The van der Waals surface area contributed by atoms with Crippen LogP contribution in [0.15, 0.2) is 29.2 Å². The molecule has 1 aliphatic carbocycles. The third-order valence-electron chi connectivity index (χ3n) is 3.58. The summed E-state index contributed by atoms with van der Waals surface area (Å²) in [4.78, 5) is 0.391. The van der Waals surface area contributed by atoms with Crippen molar-refractivity contribution in [3.63, 3.8) is 0 Å². The Bertz CT molecular complexity index is 521. The molecule has 112 valence electrons. The average molecular weight is 296 g/mol. The maximum absolute atomic E-state index is 12.6. The topological polar surface area (TPSA) is 49.4 Å². The lowest BCUT2D eigenvalue weighted by atomic mass is 10.3. The quantitative estimate of drug-likeness (QED) is 0.802. The largest absolute Gasteiger partial charge is 0.385 e. The van der Waals surface area contributed by atoms with Crippen molar-refractivity contribution in [2.45, 2.75) is 38.0 Å². The van der Waals surface area contributed by atoms with E-state index >= 15 is 0 Å². The Morgan fingerprint density at radius 2 is 1.85 bits per heavy atom. The Morgan fingerprint density at radius 3 is 2.35 bits per heavy atom. The van der Waals surface area contributed by atoms with Gasteiger partial charge in [-0.3, -0.25) is 0 Å². The highest BCUT2D eigenvalue weighted by atomic mass is 32.2. The lowest BCUT2D eigenvalue weighted by Gasteiger charge is -2.20. The molecule has 0 atom stereocenters. The number of anilines is 1. The molecule has 0 heterocycles. The summed E-state index contributed by atoms with van der Waals surface area (Å²) in [5, 5.41) is 3.25. The van der Waals surface area contributed by atoms with Crippen LogP contribution in [-0.2, 0) is 10.0 Å². The van der Waals surface area contributed by atoms with Crippen LogP contribution in [0.5, 0.6) is 0 Å². The van der Waals surface area contributed by atoms with Crippen molar-refractivity contribution in [3.8, 4) is 0 Å². The first kappa shape index (κ1) is 15.3. The van der Waals surface area contributed by atoms with Gasteiger partial charge < -0.3 is 5.32 Å². The number of nitrogens with zero attached hydrogens (tertiary/aromatic N) is 1. The average Bonchev–Trinajstić information content (AvgIpc) is 3.26. The molecule has 0 spiro atoms. The minimum atomic E-state index is -3.34. The van der Waals surface area contributed by atoms with E-state index in [1.54, 1.807) is 16.4 Å². The Morgan fingerprint density at radius 1 is 1.20 bits per heavy atom. The van der Waals surface area contributed by atoms with Gasteiger partial charge in [0.05, 0.1) is 4.90 Å². The molecular formula is C15H24N2O2S. The molecule has 20 heavy (non-hydrogen) atoms. The van der Waals surface area contributed by atoms with Gasteiger partial charge in [-0.05, 0) is 49.4 Å². The van der Waals surface area contributed by atoms with Gasteiger partial charge in [-0.15, -0.1) is 0 Å². The molecule has 1 aliphatic rings. The summed E-state index contributed by atoms with van der Waals surface area (Å²) in [6.07, 6.45) is 3.36. The molecule has 0 bridgehead atoms. The van der Waals surface area contributed by atoms with E-state index in [2.05, 4.69) is 12.2 Å². The summed E-state index contributed by atoms with van der Waals surface area (Å²) in [7, 11) is -3.34. The first-order valence-electron chi connectivity index (χ1n) is 7.42. The van der Waals surface area contributed by atoms with Crippen LogP contribution >= 0.6 is 0 Å². The van der Waals surface area contributed by atoms with E-state index in [-0.39, 0.29) is 0 Å². The molecule has 1 N–H and O–H groups in total. The zero-order chi connectivity index (χ0) is 14.6. The highest BCUT2D eigenvalue weighted by molar-refractivity contribution is 7.89. The predicted molar refractivity (Wildman–Crippen MR) is 82.4 cm³/mol. The van der Waals surface area contributed by atoms with Gasteiger partial charge in [0.15, 0.2) is 0 Å². The number of benzene rings is 1. The number of sulfonamides is 1. The van der Waals surface area contributed by atoms with Crippen LogP contribution in [0.2, 0.25) is 0 Å². The van der Waals surface area contributed by atoms with Gasteiger partial charge in [-0.25, -0.2) is 8.42 Å². The number of nitrogens with one attached hydrogen (secondary N) is 1. The van der Waals surface area contributed by atoms with Crippen molar-refractivity contribution in [1.29, 1.82) is 0 Å². The molecule has 0 amide bonds. The Labute approximate surface area is 122 Å². The molecule has 4 nitrogen and oxygen atoms in total. The number of hydrogen-bond donors (Lipinski definition) is 1. The van der Waals surface area contributed by atoms with Gasteiger partial charge in [-0.1, -0.05) is 13.8 Å². The van der Waals surface area contributed by atoms with Gasteiger partial charge >= 0.3 is 0 Å². The van der Waals surface area contributed by atoms with E-state index < -0.39 is 10.0 Å². The lowest BCUT2D eigenvalue weighted by molar-refractivity contribution is 0.412. The fraction of sp³-hybridized carbons (Fsp3) is 0.600. The van der Waals surface area contributed by atoms with E-state index in [1.807, 2.05) is 19.1 Å². The van der Waals surface area contributed by atoms with Gasteiger partial charge in [0.1, 0.15) is 0 Å². The van der Waals surface area contributed by atoms with Crippen molar-refractivity contribution < 1.29 is 8.42 Å². The van der Waals surface area contributed by atoms with Crippen molar-refractivity contribution in [2.24, 2.45) is 5.92 Å². The number of rotatable bonds is 8. The first-order chi connectivity index (χ1) is 9.57. The molecule has 2 rings (SSSR count). The fourth-order valence-electron chi connectivity index (χ4n) is 2.15.